The first-order chi connectivity index (χ1) is 11.6. The van der Waals surface area contributed by atoms with Crippen LogP contribution < -0.4 is 29.6 Å². The van der Waals surface area contributed by atoms with Gasteiger partial charge < -0.3 is 9.66 Å². The Hall–Kier alpha value is 0.570. The molecule has 0 aliphatic heterocycles. The van der Waals surface area contributed by atoms with Crippen molar-refractivity contribution in [2.45, 2.75) is 77.4 Å². The molecule has 142 valence electrons. The van der Waals surface area contributed by atoms with E-state index >= 15 is 0 Å². The summed E-state index contributed by atoms with van der Waals surface area (Å²) in [5.41, 5.74) is 1.45. The summed E-state index contributed by atoms with van der Waals surface area (Å²) in [5.74, 6) is 1.86. The van der Waals surface area contributed by atoms with Crippen LogP contribution in [0.15, 0.2) is 11.6 Å². The standard InChI is InChI=1S/C19H30O5S.Na/c1-18-9-7-13(24-25(21,22)23)11-12(18)3-4-14-15-5-6-17(20)19(15,2)10-8-16(14)18;/h11,13-17,20H,3-10H2,1-2H3,(H,21,22,23);/q;+1/p-1/t13-,14+,15+,16+,17-,18+,19+;/m1./s1. The summed E-state index contributed by atoms with van der Waals surface area (Å²) in [6, 6.07) is 0. The molecule has 0 amide bonds. The molecule has 0 spiro atoms. The maximum Gasteiger partial charge on any atom is 1.00 e. The zero-order valence-corrected chi connectivity index (χ0v) is 18.9. The first kappa shape index (κ1) is 21.3. The van der Waals surface area contributed by atoms with Crippen LogP contribution in [-0.2, 0) is 14.6 Å². The molecule has 0 saturated heterocycles. The van der Waals surface area contributed by atoms with Crippen LogP contribution in [-0.4, -0.2) is 30.3 Å². The molecule has 5 nitrogen and oxygen atoms in total. The molecule has 0 aromatic carbocycles. The molecule has 7 heteroatoms. The Bertz CT molecular complexity index is 692. The van der Waals surface area contributed by atoms with E-state index in [4.69, 9.17) is 4.18 Å². The van der Waals surface area contributed by atoms with Crippen LogP contribution >= 0.6 is 0 Å². The van der Waals surface area contributed by atoms with E-state index in [9.17, 15) is 18.1 Å². The van der Waals surface area contributed by atoms with E-state index in [-0.39, 0.29) is 46.5 Å². The summed E-state index contributed by atoms with van der Waals surface area (Å²) in [6.07, 6.45) is 8.99. The first-order valence-electron chi connectivity index (χ1n) is 9.67. The number of hydrogen-bond acceptors (Lipinski definition) is 5. The van der Waals surface area contributed by atoms with Crippen molar-refractivity contribution < 1.29 is 51.8 Å². The van der Waals surface area contributed by atoms with E-state index in [1.165, 1.54) is 5.57 Å². The topological polar surface area (TPSA) is 86.7 Å². The van der Waals surface area contributed by atoms with Crippen molar-refractivity contribution in [2.24, 2.45) is 28.6 Å². The Morgan fingerprint density at radius 1 is 1.12 bits per heavy atom. The van der Waals surface area contributed by atoms with Crippen LogP contribution in [0.5, 0.6) is 0 Å². The molecular weight excluding hydrogens is 363 g/mol. The van der Waals surface area contributed by atoms with Gasteiger partial charge in [-0.2, -0.15) is 0 Å². The minimum atomic E-state index is -4.65. The van der Waals surface area contributed by atoms with Crippen LogP contribution in [0, 0.1) is 28.6 Å². The Balaban J connectivity index is 0.00000196. The summed E-state index contributed by atoms with van der Waals surface area (Å²) in [7, 11) is -4.65. The van der Waals surface area contributed by atoms with Gasteiger partial charge in [0.15, 0.2) is 0 Å². The zero-order chi connectivity index (χ0) is 18.0. The molecule has 7 atom stereocenters. The molecule has 4 aliphatic carbocycles. The molecule has 0 radical (unpaired) electrons. The van der Waals surface area contributed by atoms with E-state index in [1.807, 2.05) is 6.08 Å². The normalized spacial score (nSPS) is 47.8. The molecule has 3 fully saturated rings. The number of allylic oxidation sites excluding steroid dienone is 1. The number of aliphatic hydroxyl groups excluding tert-OH is 1. The van der Waals surface area contributed by atoms with Crippen LogP contribution in [0.3, 0.4) is 0 Å². The third-order valence-corrected chi connectivity index (χ3v) is 8.75. The maximum absolute atomic E-state index is 10.9. The van der Waals surface area contributed by atoms with Gasteiger partial charge in [0.05, 0.1) is 12.2 Å². The van der Waals surface area contributed by atoms with E-state index in [0.717, 1.165) is 44.9 Å². The molecule has 0 aromatic rings. The predicted octanol–water partition coefficient (Wildman–Crippen LogP) is 0.160. The van der Waals surface area contributed by atoms with Gasteiger partial charge in [-0.15, -0.1) is 0 Å². The monoisotopic (exact) mass is 392 g/mol. The number of fused-ring (bicyclic) bond motifs is 5. The average molecular weight is 392 g/mol. The van der Waals surface area contributed by atoms with E-state index < -0.39 is 16.5 Å². The van der Waals surface area contributed by atoms with E-state index in [2.05, 4.69) is 13.8 Å². The smallest absolute Gasteiger partial charge is 0.726 e. The molecular formula is C19H29NaO5S. The molecule has 0 heterocycles. The van der Waals surface area contributed by atoms with Crippen molar-refractivity contribution in [1.82, 2.24) is 0 Å². The summed E-state index contributed by atoms with van der Waals surface area (Å²) >= 11 is 0. The summed E-state index contributed by atoms with van der Waals surface area (Å²) in [5, 5.41) is 10.5. The number of rotatable bonds is 2. The first-order valence-corrected chi connectivity index (χ1v) is 11.0. The Morgan fingerprint density at radius 2 is 1.85 bits per heavy atom. The van der Waals surface area contributed by atoms with Crippen molar-refractivity contribution in [2.75, 3.05) is 0 Å². The van der Waals surface area contributed by atoms with Crippen molar-refractivity contribution in [1.29, 1.82) is 0 Å². The quantitative estimate of drug-likeness (QED) is 0.313. The minimum absolute atomic E-state index is 0. The Morgan fingerprint density at radius 3 is 2.54 bits per heavy atom. The van der Waals surface area contributed by atoms with Gasteiger partial charge in [0.2, 0.25) is 10.4 Å². The van der Waals surface area contributed by atoms with Crippen molar-refractivity contribution in [3.63, 3.8) is 0 Å². The van der Waals surface area contributed by atoms with E-state index in [0.29, 0.717) is 24.2 Å². The van der Waals surface area contributed by atoms with Crippen LogP contribution in [0.25, 0.3) is 0 Å². The second kappa shape index (κ2) is 7.12. The molecule has 4 aliphatic rings. The van der Waals surface area contributed by atoms with Gasteiger partial charge in [-0.25, -0.2) is 8.42 Å². The molecule has 1 N–H and O–H groups in total. The number of aliphatic hydroxyl groups is 1. The molecule has 3 saturated carbocycles. The fourth-order valence-electron chi connectivity index (χ4n) is 6.90. The van der Waals surface area contributed by atoms with Gasteiger partial charge >= 0.3 is 29.6 Å². The second-order valence-corrected chi connectivity index (χ2v) is 10.3. The van der Waals surface area contributed by atoms with Gasteiger partial charge in [0.25, 0.3) is 0 Å². The molecule has 0 bridgehead atoms. The zero-order valence-electron chi connectivity index (χ0n) is 16.1. The fraction of sp³-hybridized carbons (Fsp3) is 0.895. The van der Waals surface area contributed by atoms with E-state index in [1.54, 1.807) is 0 Å². The third kappa shape index (κ3) is 3.38. The van der Waals surface area contributed by atoms with Gasteiger partial charge in [0, 0.05) is 0 Å². The molecule has 4 rings (SSSR count). The third-order valence-electron chi connectivity index (χ3n) is 8.26. The average Bonchev–Trinajstić information content (AvgIpc) is 2.82. The van der Waals surface area contributed by atoms with Crippen molar-refractivity contribution >= 4 is 10.4 Å². The fourth-order valence-corrected chi connectivity index (χ4v) is 7.35. The summed E-state index contributed by atoms with van der Waals surface area (Å²) in [4.78, 5) is 0. The van der Waals surface area contributed by atoms with Crippen molar-refractivity contribution in [3.05, 3.63) is 11.6 Å². The second-order valence-electron chi connectivity index (χ2n) is 9.24. The SMILES string of the molecule is C[C@]12CC[C@H]3[C@@H](CCC4=C[C@H](OS(=O)(=O)[O-])CC[C@@]43C)[C@@H]1CC[C@H]2O.[Na+]. The van der Waals surface area contributed by atoms with Gasteiger partial charge in [0.1, 0.15) is 0 Å². The number of hydrogen-bond donors (Lipinski definition) is 1. The molecule has 26 heavy (non-hydrogen) atoms. The van der Waals surface area contributed by atoms with Gasteiger partial charge in [-0.05, 0) is 80.0 Å². The minimum Gasteiger partial charge on any atom is -0.726 e. The maximum atomic E-state index is 10.9. The van der Waals surface area contributed by atoms with Crippen LogP contribution in [0.1, 0.15) is 65.2 Å². The van der Waals surface area contributed by atoms with Crippen LogP contribution in [0.2, 0.25) is 0 Å². The van der Waals surface area contributed by atoms with Crippen molar-refractivity contribution in [3.8, 4) is 0 Å². The van der Waals surface area contributed by atoms with Crippen LogP contribution in [0.4, 0.5) is 0 Å². The van der Waals surface area contributed by atoms with Gasteiger partial charge in [-0.1, -0.05) is 25.5 Å². The molecule has 0 unspecified atom stereocenters. The Labute approximate surface area is 179 Å². The predicted molar refractivity (Wildman–Crippen MR) is 92.3 cm³/mol. The molecule has 0 aromatic heterocycles. The summed E-state index contributed by atoms with van der Waals surface area (Å²) in [6.45, 7) is 4.61. The summed E-state index contributed by atoms with van der Waals surface area (Å²) < 4.78 is 37.5. The largest absolute Gasteiger partial charge is 1.00 e. The van der Waals surface area contributed by atoms with Gasteiger partial charge in [-0.3, -0.25) is 4.18 Å². The Kier molecular flexibility index (Phi) is 5.83.